The van der Waals surface area contributed by atoms with Crippen LogP contribution in [0.2, 0.25) is 0 Å². The molecule has 0 bridgehead atoms. The second-order valence-corrected chi connectivity index (χ2v) is 8.85. The molecule has 1 saturated carbocycles. The number of hydrogen-bond acceptors (Lipinski definition) is 1. The van der Waals surface area contributed by atoms with Gasteiger partial charge in [0.25, 0.3) is 0 Å². The minimum atomic E-state index is 0.750. The lowest BCUT2D eigenvalue weighted by atomic mass is 9.78. The van der Waals surface area contributed by atoms with E-state index in [1.54, 1.807) is 0 Å². The molecule has 1 nitrogen and oxygen atoms in total. The molecule has 0 aromatic heterocycles. The van der Waals surface area contributed by atoms with Crippen LogP contribution in [0.25, 0.3) is 0 Å². The minimum absolute atomic E-state index is 0.750. The summed E-state index contributed by atoms with van der Waals surface area (Å²) in [5.74, 6) is 3.04. The predicted octanol–water partition coefficient (Wildman–Crippen LogP) is 9.16. The number of rotatable bonds is 11. The number of carbonyl (C=O) groups is 1. The van der Waals surface area contributed by atoms with Crippen LogP contribution >= 0.6 is 0 Å². The van der Waals surface area contributed by atoms with Gasteiger partial charge in [0.1, 0.15) is 6.29 Å². The number of carbonyl (C=O) groups excluding carboxylic acids is 1. The Morgan fingerprint density at radius 3 is 2.19 bits per heavy atom. The van der Waals surface area contributed by atoms with Crippen molar-refractivity contribution in [3.05, 3.63) is 12.2 Å². The minimum Gasteiger partial charge on any atom is -0.304 e. The van der Waals surface area contributed by atoms with Crippen molar-refractivity contribution in [2.45, 2.75) is 131 Å². The van der Waals surface area contributed by atoms with Crippen LogP contribution < -0.4 is 0 Å². The number of aldehydes is 1. The van der Waals surface area contributed by atoms with Crippen molar-refractivity contribution in [2.24, 2.45) is 17.8 Å². The van der Waals surface area contributed by atoms with E-state index in [0.717, 1.165) is 24.0 Å². The van der Waals surface area contributed by atoms with Crippen molar-refractivity contribution in [1.82, 2.24) is 0 Å². The highest BCUT2D eigenvalue weighted by Gasteiger charge is 2.19. The number of allylic oxidation sites excluding steroid dienone is 1. The molecule has 0 aromatic rings. The van der Waals surface area contributed by atoms with Crippen molar-refractivity contribution in [1.29, 1.82) is 0 Å². The fourth-order valence-corrected chi connectivity index (χ4v) is 4.02. The van der Waals surface area contributed by atoms with E-state index in [-0.39, 0.29) is 0 Å². The van der Waals surface area contributed by atoms with Crippen LogP contribution in [-0.2, 0) is 4.79 Å². The van der Waals surface area contributed by atoms with Gasteiger partial charge in [-0.05, 0) is 44.4 Å². The van der Waals surface area contributed by atoms with Crippen LogP contribution in [0.1, 0.15) is 131 Å². The van der Waals surface area contributed by atoms with E-state index >= 15 is 0 Å². The maximum Gasteiger partial charge on any atom is 0.116 e. The first-order valence-electron chi connectivity index (χ1n) is 12.0. The summed E-state index contributed by atoms with van der Waals surface area (Å²) in [7, 11) is 0. The number of unbranched alkanes of at least 4 members (excludes halogenated alkanes) is 3. The van der Waals surface area contributed by atoms with E-state index in [9.17, 15) is 0 Å². The number of hydrogen-bond donors (Lipinski definition) is 0. The lowest BCUT2D eigenvalue weighted by molar-refractivity contribution is -0.106. The average Bonchev–Trinajstić information content (AvgIpc) is 2.62. The Morgan fingerprint density at radius 1 is 1.04 bits per heavy atom. The summed E-state index contributed by atoms with van der Waals surface area (Å²) < 4.78 is 0. The Balaban J connectivity index is 0. The highest BCUT2D eigenvalue weighted by molar-refractivity contribution is 5.44. The van der Waals surface area contributed by atoms with Gasteiger partial charge in [-0.2, -0.15) is 0 Å². The third-order valence-electron chi connectivity index (χ3n) is 5.80. The van der Waals surface area contributed by atoms with Gasteiger partial charge >= 0.3 is 0 Å². The van der Waals surface area contributed by atoms with Gasteiger partial charge in [0.15, 0.2) is 0 Å². The molecule has 1 rings (SSSR count). The van der Waals surface area contributed by atoms with Gasteiger partial charge in [-0.3, -0.25) is 0 Å². The third kappa shape index (κ3) is 21.6. The van der Waals surface area contributed by atoms with Crippen LogP contribution in [0.15, 0.2) is 12.2 Å². The molecule has 0 spiro atoms. The lowest BCUT2D eigenvalue weighted by Crippen LogP contribution is -2.16. The molecule has 1 aliphatic carbocycles. The van der Waals surface area contributed by atoms with Crippen molar-refractivity contribution in [3.63, 3.8) is 0 Å². The molecule has 0 saturated heterocycles. The Labute approximate surface area is 172 Å². The van der Waals surface area contributed by atoms with E-state index in [1.807, 2.05) is 0 Å². The van der Waals surface area contributed by atoms with Gasteiger partial charge in [0, 0.05) is 0 Å². The van der Waals surface area contributed by atoms with Crippen molar-refractivity contribution < 1.29 is 4.79 Å². The van der Waals surface area contributed by atoms with E-state index in [2.05, 4.69) is 41.2 Å². The van der Waals surface area contributed by atoms with Crippen molar-refractivity contribution >= 4 is 6.29 Å². The molecule has 1 aliphatic rings. The summed E-state index contributed by atoms with van der Waals surface area (Å²) >= 11 is 0. The first-order chi connectivity index (χ1) is 12.9. The molecule has 3 unspecified atom stereocenters. The third-order valence-corrected chi connectivity index (χ3v) is 5.80. The monoisotopic (exact) mass is 380 g/mol. The molecule has 0 N–H and O–H groups in total. The molecule has 0 aromatic carbocycles. The second kappa shape index (κ2) is 21.7. The highest BCUT2D eigenvalue weighted by Crippen LogP contribution is 2.32. The Bertz CT molecular complexity index is 320. The standard InChI is InChI=1S/C13H26.C11H22.C2H4O/c1-5-9-13(4)11-8-6-7-10-12(2)3;1-3-4-8-11-9-6-5-7-10(11)2;1-2-3/h13H,2,5-11H2,1,3-4H3;10-11H,3-9H2,1-2H3;2H,1H3. The van der Waals surface area contributed by atoms with Gasteiger partial charge in [-0.15, -0.1) is 6.58 Å². The lowest BCUT2D eigenvalue weighted by Gasteiger charge is -2.28. The summed E-state index contributed by atoms with van der Waals surface area (Å²) in [6.45, 7) is 16.9. The largest absolute Gasteiger partial charge is 0.304 e. The van der Waals surface area contributed by atoms with E-state index < -0.39 is 0 Å². The fraction of sp³-hybridized carbons (Fsp3) is 0.885. The molecule has 0 aliphatic heterocycles. The molecule has 162 valence electrons. The van der Waals surface area contributed by atoms with Crippen molar-refractivity contribution in [2.75, 3.05) is 0 Å². The smallest absolute Gasteiger partial charge is 0.116 e. The van der Waals surface area contributed by atoms with Gasteiger partial charge < -0.3 is 4.79 Å². The molecule has 3 atom stereocenters. The maximum atomic E-state index is 8.81. The van der Waals surface area contributed by atoms with E-state index in [1.165, 1.54) is 102 Å². The second-order valence-electron chi connectivity index (χ2n) is 8.85. The Kier molecular flexibility index (Phi) is 23.0. The average molecular weight is 381 g/mol. The fourth-order valence-electron chi connectivity index (χ4n) is 4.02. The van der Waals surface area contributed by atoms with E-state index in [4.69, 9.17) is 4.79 Å². The first-order valence-corrected chi connectivity index (χ1v) is 12.0. The zero-order valence-corrected chi connectivity index (χ0v) is 19.8. The molecule has 0 radical (unpaired) electrons. The van der Waals surface area contributed by atoms with Crippen LogP contribution in [0, 0.1) is 17.8 Å². The SMILES string of the molecule is C=C(C)CCCCCC(C)CCC.CC=O.CCCCC1CCCCC1C. The molecule has 1 fully saturated rings. The zero-order chi connectivity index (χ0) is 20.9. The normalized spacial score (nSPS) is 19.8. The Morgan fingerprint density at radius 2 is 1.67 bits per heavy atom. The van der Waals surface area contributed by atoms with Crippen LogP contribution in [-0.4, -0.2) is 6.29 Å². The van der Waals surface area contributed by atoms with E-state index in [0.29, 0.717) is 0 Å². The molecule has 0 heterocycles. The van der Waals surface area contributed by atoms with Gasteiger partial charge in [-0.1, -0.05) is 110 Å². The van der Waals surface area contributed by atoms with Gasteiger partial charge in [0.2, 0.25) is 0 Å². The summed E-state index contributed by atoms with van der Waals surface area (Å²) in [5, 5.41) is 0. The molecular weight excluding hydrogens is 328 g/mol. The maximum absolute atomic E-state index is 8.81. The Hall–Kier alpha value is -0.590. The topological polar surface area (TPSA) is 17.1 Å². The molecule has 0 amide bonds. The predicted molar refractivity (Wildman–Crippen MR) is 124 cm³/mol. The van der Waals surface area contributed by atoms with Crippen LogP contribution in [0.4, 0.5) is 0 Å². The summed E-state index contributed by atoms with van der Waals surface area (Å²) in [5.41, 5.74) is 1.33. The summed E-state index contributed by atoms with van der Waals surface area (Å²) in [4.78, 5) is 8.81. The molecular formula is C26H52O. The van der Waals surface area contributed by atoms with Crippen LogP contribution in [0.5, 0.6) is 0 Å². The highest BCUT2D eigenvalue weighted by atomic mass is 16.1. The molecule has 27 heavy (non-hydrogen) atoms. The van der Waals surface area contributed by atoms with Crippen LogP contribution in [0.3, 0.4) is 0 Å². The van der Waals surface area contributed by atoms with Gasteiger partial charge in [0.05, 0.1) is 0 Å². The summed E-state index contributed by atoms with van der Waals surface area (Å²) in [6, 6.07) is 0. The zero-order valence-electron chi connectivity index (χ0n) is 19.8. The summed E-state index contributed by atoms with van der Waals surface area (Å²) in [6.07, 6.45) is 20.6. The quantitative estimate of drug-likeness (QED) is 0.198. The van der Waals surface area contributed by atoms with Crippen molar-refractivity contribution in [3.8, 4) is 0 Å². The van der Waals surface area contributed by atoms with Gasteiger partial charge in [-0.25, -0.2) is 0 Å². The molecule has 1 heteroatoms. The first kappa shape index (κ1) is 28.6.